The molecule has 52 heavy (non-hydrogen) atoms. The van der Waals surface area contributed by atoms with Gasteiger partial charge in [0.2, 0.25) is 0 Å². The van der Waals surface area contributed by atoms with Crippen molar-refractivity contribution in [2.45, 2.75) is 9.79 Å². The van der Waals surface area contributed by atoms with E-state index in [1.807, 2.05) is 0 Å². The maximum absolute atomic E-state index is 12.1. The predicted octanol–water partition coefficient (Wildman–Crippen LogP) is -2.93. The number of phenolic OH excluding ortho intramolecular Hbond substituents is 1. The molecule has 22 heteroatoms. The molecule has 0 saturated heterocycles. The molecule has 0 amide bonds. The molecule has 0 bridgehead atoms. The van der Waals surface area contributed by atoms with Gasteiger partial charge < -0.3 is 24.1 Å². The second-order valence-corrected chi connectivity index (χ2v) is 14.0. The number of nitrogens with zero attached hydrogens (tertiary/aromatic N) is 4. The summed E-state index contributed by atoms with van der Waals surface area (Å²) in [5.41, 5.74) is 5.52. The number of phenols is 1. The van der Waals surface area contributed by atoms with E-state index in [1.54, 1.807) is 0 Å². The first-order chi connectivity index (χ1) is 23.0. The van der Waals surface area contributed by atoms with Crippen LogP contribution in [0.25, 0.3) is 32.3 Å². The Balaban J connectivity index is 0.00000243. The average molecular weight is 790 g/mol. The number of benzene rings is 6. The Bertz CT molecular complexity index is 2770. The largest absolute Gasteiger partial charge is 1.00 e. The summed E-state index contributed by atoms with van der Waals surface area (Å²) in [5, 5.41) is 28.3. The summed E-state index contributed by atoms with van der Waals surface area (Å²) in [6, 6.07) is 21.0. The maximum atomic E-state index is 12.1. The molecule has 6 aromatic rings. The van der Waals surface area contributed by atoms with Crippen LogP contribution in [0.3, 0.4) is 0 Å². The van der Waals surface area contributed by atoms with Crippen molar-refractivity contribution in [3.05, 3.63) is 91.0 Å². The average Bonchev–Trinajstić information content (AvgIpc) is 3.01. The molecule has 0 fully saturated rings. The number of azo groups is 2. The molecule has 0 radical (unpaired) electrons. The number of rotatable bonds is 8. The van der Waals surface area contributed by atoms with Crippen LogP contribution in [0.1, 0.15) is 0 Å². The first kappa shape index (κ1) is 43.8. The van der Waals surface area contributed by atoms with Crippen molar-refractivity contribution < 1.29 is 137 Å². The van der Waals surface area contributed by atoms with E-state index in [0.29, 0.717) is 5.39 Å². The Labute approximate surface area is 362 Å². The van der Waals surface area contributed by atoms with Gasteiger partial charge in [0.05, 0.1) is 21.2 Å². The molecular formula is C30H18N5Na3O11S3. The van der Waals surface area contributed by atoms with E-state index in [4.69, 9.17) is 10.3 Å². The second-order valence-electron chi connectivity index (χ2n) is 10.2. The SMILES string of the molecule is Nc1ccc2c(O)c(N=Nc3ccc(N=Nc4cccc5c(OS(=O)(=O)O)c[c-]cc45)c4ccc(S(=O)(=O)[O-])cc34)c(S(=O)(=O)[O-])cc2c1.[Na+].[Na+].[Na+]. The van der Waals surface area contributed by atoms with Gasteiger partial charge in [0.15, 0.2) is 5.75 Å². The van der Waals surface area contributed by atoms with Gasteiger partial charge in [-0.05, 0) is 60.0 Å². The summed E-state index contributed by atoms with van der Waals surface area (Å²) in [4.78, 5) is -1.54. The molecule has 6 rings (SSSR count). The van der Waals surface area contributed by atoms with E-state index in [1.165, 1.54) is 66.7 Å². The fourth-order valence-electron chi connectivity index (χ4n) is 4.96. The van der Waals surface area contributed by atoms with Crippen LogP contribution < -0.4 is 98.6 Å². The monoisotopic (exact) mass is 789 g/mol. The van der Waals surface area contributed by atoms with Gasteiger partial charge >= 0.3 is 99.1 Å². The third-order valence-corrected chi connectivity index (χ3v) is 9.16. The van der Waals surface area contributed by atoms with Crippen LogP contribution in [0.15, 0.2) is 115 Å². The summed E-state index contributed by atoms with van der Waals surface area (Å²) in [6.07, 6.45) is 0. The van der Waals surface area contributed by atoms with Crippen molar-refractivity contribution in [3.63, 3.8) is 0 Å². The summed E-state index contributed by atoms with van der Waals surface area (Å²) in [6.45, 7) is 0. The van der Waals surface area contributed by atoms with Crippen molar-refractivity contribution in [1.82, 2.24) is 0 Å². The molecule has 0 unspecified atom stereocenters. The summed E-state index contributed by atoms with van der Waals surface area (Å²) < 4.78 is 108. The van der Waals surface area contributed by atoms with E-state index in [2.05, 4.69) is 30.7 Å². The zero-order valence-corrected chi connectivity index (χ0v) is 35.7. The van der Waals surface area contributed by atoms with Gasteiger partial charge in [-0.3, -0.25) is 4.55 Å². The summed E-state index contributed by atoms with van der Waals surface area (Å²) in [7, 11) is -15.0. The van der Waals surface area contributed by atoms with Crippen molar-refractivity contribution in [3.8, 4) is 11.5 Å². The van der Waals surface area contributed by atoms with Crippen molar-refractivity contribution in [1.29, 1.82) is 0 Å². The van der Waals surface area contributed by atoms with Crippen LogP contribution in [-0.2, 0) is 30.6 Å². The van der Waals surface area contributed by atoms with Gasteiger partial charge in [-0.15, -0.1) is 16.3 Å². The Kier molecular flexibility index (Phi) is 14.2. The molecule has 0 saturated carbocycles. The van der Waals surface area contributed by atoms with Gasteiger partial charge in [-0.25, -0.2) is 16.8 Å². The van der Waals surface area contributed by atoms with Gasteiger partial charge in [-0.2, -0.15) is 30.8 Å². The van der Waals surface area contributed by atoms with Crippen LogP contribution >= 0.6 is 0 Å². The minimum absolute atomic E-state index is 0. The smallest absolute Gasteiger partial charge is 0.744 e. The summed E-state index contributed by atoms with van der Waals surface area (Å²) in [5.74, 6) is -0.913. The van der Waals surface area contributed by atoms with E-state index in [9.17, 15) is 39.5 Å². The standard InChI is InChI=1S/C30H20N5O11S3.3Na/c31-17-7-9-19-16(13-17)14-28(48(40,41)42)29(30(19)36)35-34-26-12-11-25(21-10-8-18(15-23(21)26)47(37,38)39)33-32-24-5-1-4-22-20(24)3-2-6-27(22)46-49(43,44)45;;;/h1,3-15,36H,31H2,(H,37,38,39)(H,40,41,42)(H,43,44,45);;;/q-1;3*+1/p-2. The zero-order valence-electron chi connectivity index (χ0n) is 27.2. The third kappa shape index (κ3) is 9.56. The number of aromatic hydroxyl groups is 1. The number of fused-ring (bicyclic) bond motifs is 3. The fourth-order valence-corrected chi connectivity index (χ4v) is 6.47. The van der Waals surface area contributed by atoms with E-state index >= 15 is 0 Å². The quantitative estimate of drug-likeness (QED) is 0.0460. The van der Waals surface area contributed by atoms with Crippen molar-refractivity contribution in [2.24, 2.45) is 20.5 Å². The molecule has 4 N–H and O–H groups in total. The molecule has 0 spiro atoms. The Morgan fingerprint density at radius 1 is 0.654 bits per heavy atom. The van der Waals surface area contributed by atoms with Crippen LogP contribution in [0, 0.1) is 6.07 Å². The molecule has 6 aromatic carbocycles. The Morgan fingerprint density at radius 3 is 1.90 bits per heavy atom. The Hall–Kier alpha value is -2.57. The minimum Gasteiger partial charge on any atom is -0.744 e. The normalized spacial score (nSPS) is 12.1. The predicted molar refractivity (Wildman–Crippen MR) is 173 cm³/mol. The fraction of sp³-hybridized carbons (Fsp3) is 0. The molecule has 0 aliphatic heterocycles. The zero-order chi connectivity index (χ0) is 35.3. The topological polar surface area (TPSA) is 274 Å². The number of nitrogens with two attached hydrogens (primary N) is 1. The van der Waals surface area contributed by atoms with E-state index in [0.717, 1.165) is 18.2 Å². The van der Waals surface area contributed by atoms with Crippen molar-refractivity contribution in [2.75, 3.05) is 5.73 Å². The van der Waals surface area contributed by atoms with Crippen LogP contribution in [0.2, 0.25) is 0 Å². The number of hydrogen-bond acceptors (Lipinski definition) is 15. The van der Waals surface area contributed by atoms with Gasteiger partial charge in [0, 0.05) is 33.3 Å². The van der Waals surface area contributed by atoms with Gasteiger partial charge in [-0.1, -0.05) is 29.0 Å². The molecule has 0 aromatic heterocycles. The first-order valence-electron chi connectivity index (χ1n) is 13.5. The third-order valence-electron chi connectivity index (χ3n) is 7.08. The van der Waals surface area contributed by atoms with Crippen molar-refractivity contribution >= 4 is 91.4 Å². The Morgan fingerprint density at radius 2 is 1.27 bits per heavy atom. The second kappa shape index (κ2) is 16.8. The molecule has 250 valence electrons. The minimum atomic E-state index is -5.21. The van der Waals surface area contributed by atoms with Crippen LogP contribution in [0.5, 0.6) is 11.5 Å². The van der Waals surface area contributed by atoms with E-state index < -0.39 is 51.9 Å². The van der Waals surface area contributed by atoms with Gasteiger partial charge in [0.25, 0.3) is 0 Å². The summed E-state index contributed by atoms with van der Waals surface area (Å²) >= 11 is 0. The molecule has 16 nitrogen and oxygen atoms in total. The number of hydrogen-bond donors (Lipinski definition) is 3. The van der Waals surface area contributed by atoms with Crippen LogP contribution in [0.4, 0.5) is 28.4 Å². The maximum Gasteiger partial charge on any atom is 1.00 e. The van der Waals surface area contributed by atoms with Crippen LogP contribution in [-0.4, -0.2) is 44.0 Å². The molecule has 0 aliphatic carbocycles. The first-order valence-corrected chi connectivity index (χ1v) is 17.6. The molecular weight excluding hydrogens is 772 g/mol. The molecule has 0 heterocycles. The molecule has 0 aliphatic rings. The molecule has 0 atom stereocenters. The number of nitrogen functional groups attached to an aromatic ring is 1. The van der Waals surface area contributed by atoms with Gasteiger partial charge in [0.1, 0.15) is 25.9 Å². The number of anilines is 1. The van der Waals surface area contributed by atoms with E-state index in [-0.39, 0.29) is 144 Å².